The second kappa shape index (κ2) is 10.8. The average molecular weight is 403 g/mol. The van der Waals surface area contributed by atoms with Gasteiger partial charge in [0.1, 0.15) is 5.82 Å². The number of nitrogens with zero attached hydrogens (tertiary/aromatic N) is 1. The van der Waals surface area contributed by atoms with E-state index in [0.29, 0.717) is 17.1 Å². The molecule has 0 saturated carbocycles. The van der Waals surface area contributed by atoms with Gasteiger partial charge in [0.15, 0.2) is 0 Å². The molecule has 2 atom stereocenters. The molecule has 1 aromatic carbocycles. The standard InChI is InChI=1S/C24H35FN2O2/c1-3-8-20(27-23-17-19(25)13-16-22(23)26-24(27)28)10-7-5-4-6-9-18-11-14-21(29-2)15-12-18/h11,13,16-17,20-21H,3-10,12,14-15H2,1-2H3,(H,26,28)/t20?,21-/m1/s1. The first kappa shape index (κ1) is 21.8. The molecule has 1 aromatic heterocycles. The summed E-state index contributed by atoms with van der Waals surface area (Å²) in [4.78, 5) is 15.4. The Bertz CT molecular complexity index is 867. The zero-order valence-electron chi connectivity index (χ0n) is 17.9. The molecule has 4 nitrogen and oxygen atoms in total. The Morgan fingerprint density at radius 1 is 1.24 bits per heavy atom. The number of H-pyrrole nitrogens is 1. The van der Waals surface area contributed by atoms with E-state index in [1.165, 1.54) is 44.2 Å². The summed E-state index contributed by atoms with van der Waals surface area (Å²) in [5.41, 5.74) is 2.87. The van der Waals surface area contributed by atoms with E-state index in [2.05, 4.69) is 18.0 Å². The first-order valence-electron chi connectivity index (χ1n) is 11.2. The molecule has 0 aliphatic heterocycles. The SMILES string of the molecule is CCCC(CCCCCCC1=CC[C@@H](OC)CC1)n1c(=O)[nH]c2ccc(F)cc21. The molecule has 5 heteroatoms. The molecule has 0 amide bonds. The predicted octanol–water partition coefficient (Wildman–Crippen LogP) is 6.28. The van der Waals surface area contributed by atoms with Gasteiger partial charge in [-0.15, -0.1) is 0 Å². The number of methoxy groups -OCH3 is 1. The van der Waals surface area contributed by atoms with Gasteiger partial charge in [0.2, 0.25) is 0 Å². The number of allylic oxidation sites excluding steroid dienone is 1. The molecule has 0 saturated heterocycles. The average Bonchev–Trinajstić information content (AvgIpc) is 3.05. The molecule has 2 aromatic rings. The van der Waals surface area contributed by atoms with Crippen molar-refractivity contribution in [2.75, 3.05) is 7.11 Å². The van der Waals surface area contributed by atoms with Crippen molar-refractivity contribution >= 4 is 11.0 Å². The predicted molar refractivity (Wildman–Crippen MR) is 117 cm³/mol. The van der Waals surface area contributed by atoms with Crippen LogP contribution in [0.5, 0.6) is 0 Å². The summed E-state index contributed by atoms with van der Waals surface area (Å²) in [6.07, 6.45) is 15.0. The molecule has 0 radical (unpaired) electrons. The lowest BCUT2D eigenvalue weighted by Crippen LogP contribution is -2.22. The van der Waals surface area contributed by atoms with Crippen LogP contribution in [-0.2, 0) is 4.74 Å². The highest BCUT2D eigenvalue weighted by Gasteiger charge is 2.17. The van der Waals surface area contributed by atoms with Crippen LogP contribution in [0.3, 0.4) is 0 Å². The third-order valence-corrected chi connectivity index (χ3v) is 6.24. The van der Waals surface area contributed by atoms with Gasteiger partial charge in [0.25, 0.3) is 0 Å². The van der Waals surface area contributed by atoms with Gasteiger partial charge in [-0.2, -0.15) is 0 Å². The molecule has 0 fully saturated rings. The fourth-order valence-electron chi connectivity index (χ4n) is 4.58. The number of benzene rings is 1. The maximum atomic E-state index is 13.7. The Hall–Kier alpha value is -1.88. The third-order valence-electron chi connectivity index (χ3n) is 6.24. The highest BCUT2D eigenvalue weighted by molar-refractivity contribution is 5.75. The molecule has 1 heterocycles. The zero-order chi connectivity index (χ0) is 20.6. The van der Waals surface area contributed by atoms with Crippen LogP contribution < -0.4 is 5.69 Å². The van der Waals surface area contributed by atoms with E-state index in [1.54, 1.807) is 23.3 Å². The van der Waals surface area contributed by atoms with Crippen molar-refractivity contribution in [2.24, 2.45) is 0 Å². The van der Waals surface area contributed by atoms with Crippen molar-refractivity contribution < 1.29 is 9.13 Å². The third kappa shape index (κ3) is 5.81. The molecule has 1 N–H and O–H groups in total. The quantitative estimate of drug-likeness (QED) is 0.355. The van der Waals surface area contributed by atoms with Gasteiger partial charge in [0.05, 0.1) is 17.1 Å². The van der Waals surface area contributed by atoms with E-state index in [1.807, 2.05) is 0 Å². The van der Waals surface area contributed by atoms with Crippen LogP contribution in [0, 0.1) is 5.82 Å². The Kier molecular flexibility index (Phi) is 8.10. The van der Waals surface area contributed by atoms with Crippen LogP contribution in [0.4, 0.5) is 4.39 Å². The smallest absolute Gasteiger partial charge is 0.326 e. The number of ether oxygens (including phenoxy) is 1. The highest BCUT2D eigenvalue weighted by atomic mass is 19.1. The van der Waals surface area contributed by atoms with E-state index in [9.17, 15) is 9.18 Å². The number of halogens is 1. The first-order valence-corrected chi connectivity index (χ1v) is 11.2. The number of nitrogens with one attached hydrogen (secondary N) is 1. The fourth-order valence-corrected chi connectivity index (χ4v) is 4.58. The normalized spacial score (nSPS) is 18.2. The number of imidazole rings is 1. The van der Waals surface area contributed by atoms with E-state index in [0.717, 1.165) is 38.5 Å². The Balaban J connectivity index is 1.48. The molecule has 0 spiro atoms. The molecule has 1 unspecified atom stereocenters. The van der Waals surface area contributed by atoms with Gasteiger partial charge >= 0.3 is 5.69 Å². The molecule has 1 aliphatic rings. The summed E-state index contributed by atoms with van der Waals surface area (Å²) in [6.45, 7) is 2.14. The van der Waals surface area contributed by atoms with E-state index in [4.69, 9.17) is 4.74 Å². The summed E-state index contributed by atoms with van der Waals surface area (Å²) in [5, 5.41) is 0. The second-order valence-corrected chi connectivity index (χ2v) is 8.35. The number of rotatable bonds is 11. The van der Waals surface area contributed by atoms with Gasteiger partial charge < -0.3 is 9.72 Å². The summed E-state index contributed by atoms with van der Waals surface area (Å²) < 4.78 is 20.9. The van der Waals surface area contributed by atoms with Crippen LogP contribution >= 0.6 is 0 Å². The summed E-state index contributed by atoms with van der Waals surface area (Å²) in [6, 6.07) is 4.66. The van der Waals surface area contributed by atoms with E-state index < -0.39 is 0 Å². The van der Waals surface area contributed by atoms with Crippen molar-refractivity contribution in [1.82, 2.24) is 9.55 Å². The van der Waals surface area contributed by atoms with Crippen LogP contribution in [0.1, 0.15) is 83.6 Å². The monoisotopic (exact) mass is 402 g/mol. The Labute approximate surface area is 173 Å². The molecular formula is C24H35FN2O2. The number of hydrogen-bond acceptors (Lipinski definition) is 2. The number of hydrogen-bond donors (Lipinski definition) is 1. The highest BCUT2D eigenvalue weighted by Crippen LogP contribution is 2.27. The number of unbranched alkanes of at least 4 members (excludes halogenated alkanes) is 3. The summed E-state index contributed by atoms with van der Waals surface area (Å²) >= 11 is 0. The largest absolute Gasteiger partial charge is 0.381 e. The number of aromatic amines is 1. The molecule has 29 heavy (non-hydrogen) atoms. The molecule has 0 bridgehead atoms. The van der Waals surface area contributed by atoms with Gasteiger partial charge in [-0.1, -0.05) is 44.3 Å². The first-order chi connectivity index (χ1) is 14.1. The van der Waals surface area contributed by atoms with Gasteiger partial charge in [-0.25, -0.2) is 9.18 Å². The zero-order valence-corrected chi connectivity index (χ0v) is 17.9. The lowest BCUT2D eigenvalue weighted by molar-refractivity contribution is 0.0936. The maximum absolute atomic E-state index is 13.7. The minimum absolute atomic E-state index is 0.123. The topological polar surface area (TPSA) is 47.0 Å². The van der Waals surface area contributed by atoms with Crippen LogP contribution in [-0.4, -0.2) is 22.8 Å². The fraction of sp³-hybridized carbons (Fsp3) is 0.625. The van der Waals surface area contributed by atoms with Gasteiger partial charge in [0, 0.05) is 13.2 Å². The van der Waals surface area contributed by atoms with Gasteiger partial charge in [-0.3, -0.25) is 4.57 Å². The molecule has 160 valence electrons. The van der Waals surface area contributed by atoms with Crippen LogP contribution in [0.2, 0.25) is 0 Å². The summed E-state index contributed by atoms with van der Waals surface area (Å²) in [5.74, 6) is -0.297. The van der Waals surface area contributed by atoms with Gasteiger partial charge in [-0.05, 0) is 63.1 Å². The Morgan fingerprint density at radius 3 is 2.79 bits per heavy atom. The Morgan fingerprint density at radius 2 is 2.07 bits per heavy atom. The van der Waals surface area contributed by atoms with Crippen molar-refractivity contribution in [1.29, 1.82) is 0 Å². The minimum atomic E-state index is -0.297. The second-order valence-electron chi connectivity index (χ2n) is 8.35. The van der Waals surface area contributed by atoms with Crippen molar-refractivity contribution in [2.45, 2.75) is 89.7 Å². The van der Waals surface area contributed by atoms with Crippen LogP contribution in [0.15, 0.2) is 34.6 Å². The number of aromatic nitrogens is 2. The molecule has 1 aliphatic carbocycles. The van der Waals surface area contributed by atoms with E-state index >= 15 is 0 Å². The van der Waals surface area contributed by atoms with Crippen molar-refractivity contribution in [3.8, 4) is 0 Å². The van der Waals surface area contributed by atoms with Crippen molar-refractivity contribution in [3.63, 3.8) is 0 Å². The lowest BCUT2D eigenvalue weighted by atomic mass is 9.93. The number of fused-ring (bicyclic) bond motifs is 1. The van der Waals surface area contributed by atoms with E-state index in [-0.39, 0.29) is 17.5 Å². The van der Waals surface area contributed by atoms with Crippen molar-refractivity contribution in [3.05, 3.63) is 46.1 Å². The molecule has 3 rings (SSSR count). The summed E-state index contributed by atoms with van der Waals surface area (Å²) in [7, 11) is 1.80. The van der Waals surface area contributed by atoms with Crippen LogP contribution in [0.25, 0.3) is 11.0 Å². The maximum Gasteiger partial charge on any atom is 0.326 e. The molecular weight excluding hydrogens is 367 g/mol. The lowest BCUT2D eigenvalue weighted by Gasteiger charge is -2.20. The minimum Gasteiger partial charge on any atom is -0.381 e.